The second-order valence-corrected chi connectivity index (χ2v) is 9.66. The van der Waals surface area contributed by atoms with E-state index in [1.165, 1.54) is 38.8 Å². The van der Waals surface area contributed by atoms with Gasteiger partial charge in [-0.2, -0.15) is 5.10 Å². The van der Waals surface area contributed by atoms with Crippen LogP contribution in [0.4, 0.5) is 0 Å². The Hall–Kier alpha value is -3.51. The van der Waals surface area contributed by atoms with E-state index in [-0.39, 0.29) is 5.97 Å². The summed E-state index contributed by atoms with van der Waals surface area (Å²) in [6.45, 7) is 2.82. The first-order chi connectivity index (χ1) is 17.3. The second kappa shape index (κ2) is 9.62. The summed E-state index contributed by atoms with van der Waals surface area (Å²) in [5.41, 5.74) is 4.70. The molecule has 2 fully saturated rings. The van der Waals surface area contributed by atoms with E-state index in [2.05, 4.69) is 10.00 Å². The van der Waals surface area contributed by atoms with Gasteiger partial charge in [0.25, 0.3) is 0 Å². The van der Waals surface area contributed by atoms with Crippen LogP contribution in [0.15, 0.2) is 72.8 Å². The van der Waals surface area contributed by atoms with E-state index in [1.54, 1.807) is 10.6 Å². The highest BCUT2D eigenvalue weighted by molar-refractivity contribution is 5.89. The number of fused-ring (bicyclic) bond motifs is 2. The molecule has 2 aliphatic heterocycles. The van der Waals surface area contributed by atoms with Gasteiger partial charge in [-0.25, -0.2) is 14.3 Å². The molecule has 2 saturated heterocycles. The minimum absolute atomic E-state index is 0.302. The second-order valence-electron chi connectivity index (χ2n) is 9.66. The van der Waals surface area contributed by atoms with Gasteiger partial charge in [0.05, 0.1) is 18.0 Å². The highest BCUT2D eigenvalue weighted by Gasteiger charge is 2.33. The third kappa shape index (κ3) is 4.46. The molecule has 2 aromatic carbocycles. The van der Waals surface area contributed by atoms with E-state index < -0.39 is 0 Å². The summed E-state index contributed by atoms with van der Waals surface area (Å²) in [6.07, 6.45) is 6.07. The SMILES string of the molecule is O=C(OCC1CCCN2CCCCC12)c1cc2nc(-c3ccccc3)cc(-c3ccccc3)n2n1. The van der Waals surface area contributed by atoms with Crippen LogP contribution in [0.1, 0.15) is 42.6 Å². The summed E-state index contributed by atoms with van der Waals surface area (Å²) in [6, 6.07) is 24.5. The van der Waals surface area contributed by atoms with Crippen LogP contribution in [0.25, 0.3) is 28.2 Å². The highest BCUT2D eigenvalue weighted by atomic mass is 16.5. The lowest BCUT2D eigenvalue weighted by Gasteiger charge is -2.44. The van der Waals surface area contributed by atoms with E-state index in [0.717, 1.165) is 28.9 Å². The molecular weight excluding hydrogens is 436 g/mol. The van der Waals surface area contributed by atoms with Gasteiger partial charge < -0.3 is 4.74 Å². The first kappa shape index (κ1) is 22.0. The summed E-state index contributed by atoms with van der Waals surface area (Å²) < 4.78 is 7.59. The number of hydrogen-bond acceptors (Lipinski definition) is 5. The van der Waals surface area contributed by atoms with E-state index in [1.807, 2.05) is 66.7 Å². The molecule has 0 saturated carbocycles. The van der Waals surface area contributed by atoms with Crippen LogP contribution < -0.4 is 0 Å². The number of carbonyl (C=O) groups excluding carboxylic acids is 1. The van der Waals surface area contributed by atoms with Crippen molar-refractivity contribution in [3.63, 3.8) is 0 Å². The van der Waals surface area contributed by atoms with Crippen molar-refractivity contribution in [2.24, 2.45) is 5.92 Å². The number of piperidine rings is 2. The molecule has 2 aliphatic rings. The molecule has 2 aromatic heterocycles. The molecule has 35 heavy (non-hydrogen) atoms. The number of hydrogen-bond donors (Lipinski definition) is 0. The molecule has 4 heterocycles. The van der Waals surface area contributed by atoms with Crippen molar-refractivity contribution >= 4 is 11.6 Å². The summed E-state index contributed by atoms with van der Waals surface area (Å²) in [7, 11) is 0. The van der Waals surface area contributed by atoms with Crippen molar-refractivity contribution in [2.75, 3.05) is 19.7 Å². The summed E-state index contributed by atoms with van der Waals surface area (Å²) in [5, 5.41) is 4.64. The molecule has 0 amide bonds. The molecule has 0 bridgehead atoms. The summed E-state index contributed by atoms with van der Waals surface area (Å²) in [4.78, 5) is 20.5. The van der Waals surface area contributed by atoms with E-state index >= 15 is 0 Å². The fraction of sp³-hybridized carbons (Fsp3) is 0.345. The lowest BCUT2D eigenvalue weighted by molar-refractivity contribution is 0.00700. The van der Waals surface area contributed by atoms with Crippen molar-refractivity contribution < 1.29 is 9.53 Å². The zero-order valence-electron chi connectivity index (χ0n) is 19.8. The van der Waals surface area contributed by atoms with Gasteiger partial charge >= 0.3 is 5.97 Å². The number of benzene rings is 2. The van der Waals surface area contributed by atoms with E-state index in [4.69, 9.17) is 9.72 Å². The topological polar surface area (TPSA) is 59.7 Å². The maximum absolute atomic E-state index is 13.1. The van der Waals surface area contributed by atoms with Crippen LogP contribution in [0, 0.1) is 5.92 Å². The predicted molar refractivity (Wildman–Crippen MR) is 136 cm³/mol. The van der Waals surface area contributed by atoms with Gasteiger partial charge in [0.1, 0.15) is 0 Å². The fourth-order valence-electron chi connectivity index (χ4n) is 5.67. The Kier molecular flexibility index (Phi) is 6.05. The van der Waals surface area contributed by atoms with Crippen LogP contribution in [0.5, 0.6) is 0 Å². The Morgan fingerprint density at radius 1 is 0.886 bits per heavy atom. The van der Waals surface area contributed by atoms with Crippen LogP contribution in [0.3, 0.4) is 0 Å². The third-order valence-electron chi connectivity index (χ3n) is 7.43. The molecule has 0 spiro atoms. The Labute approximate surface area is 205 Å². The molecule has 4 aromatic rings. The number of rotatable bonds is 5. The van der Waals surface area contributed by atoms with Gasteiger partial charge in [0.2, 0.25) is 0 Å². The van der Waals surface area contributed by atoms with Crippen molar-refractivity contribution in [1.29, 1.82) is 0 Å². The van der Waals surface area contributed by atoms with Crippen molar-refractivity contribution in [2.45, 2.75) is 38.1 Å². The fourth-order valence-corrected chi connectivity index (χ4v) is 5.67. The average molecular weight is 467 g/mol. The molecule has 0 N–H and O–H groups in total. The monoisotopic (exact) mass is 466 g/mol. The smallest absolute Gasteiger partial charge is 0.358 e. The largest absolute Gasteiger partial charge is 0.461 e. The molecule has 6 rings (SSSR count). The molecule has 178 valence electrons. The number of carbonyl (C=O) groups is 1. The molecule has 0 aliphatic carbocycles. The molecule has 6 nitrogen and oxygen atoms in total. The van der Waals surface area contributed by atoms with Crippen LogP contribution in [-0.4, -0.2) is 51.2 Å². The van der Waals surface area contributed by atoms with Gasteiger partial charge in [0, 0.05) is 29.2 Å². The van der Waals surface area contributed by atoms with Crippen molar-refractivity contribution in [3.8, 4) is 22.5 Å². The number of nitrogens with zero attached hydrogens (tertiary/aromatic N) is 4. The lowest BCUT2D eigenvalue weighted by atomic mass is 9.84. The van der Waals surface area contributed by atoms with Gasteiger partial charge in [-0.3, -0.25) is 4.90 Å². The average Bonchev–Trinajstić information content (AvgIpc) is 3.37. The zero-order chi connectivity index (χ0) is 23.6. The summed E-state index contributed by atoms with van der Waals surface area (Å²) in [5.74, 6) is 0.0384. The van der Waals surface area contributed by atoms with E-state index in [9.17, 15) is 4.79 Å². The quantitative estimate of drug-likeness (QED) is 0.364. The first-order valence-electron chi connectivity index (χ1n) is 12.7. The molecular formula is C29H30N4O2. The Morgan fingerprint density at radius 2 is 1.63 bits per heavy atom. The Bertz CT molecular complexity index is 1320. The molecule has 2 unspecified atom stereocenters. The van der Waals surface area contributed by atoms with Crippen molar-refractivity contribution in [1.82, 2.24) is 19.5 Å². The number of ether oxygens (including phenoxy) is 1. The Balaban J connectivity index is 1.29. The normalized spacial score (nSPS) is 20.5. The maximum atomic E-state index is 13.1. The minimum atomic E-state index is -0.372. The van der Waals surface area contributed by atoms with Gasteiger partial charge in [-0.05, 0) is 44.8 Å². The molecule has 6 heteroatoms. The van der Waals surface area contributed by atoms with Gasteiger partial charge in [0.15, 0.2) is 11.3 Å². The lowest BCUT2D eigenvalue weighted by Crippen LogP contribution is -2.49. The van der Waals surface area contributed by atoms with Gasteiger partial charge in [-0.15, -0.1) is 0 Å². The third-order valence-corrected chi connectivity index (χ3v) is 7.43. The van der Waals surface area contributed by atoms with Crippen LogP contribution >= 0.6 is 0 Å². The number of esters is 1. The maximum Gasteiger partial charge on any atom is 0.358 e. The van der Waals surface area contributed by atoms with Crippen LogP contribution in [-0.2, 0) is 4.74 Å². The van der Waals surface area contributed by atoms with Gasteiger partial charge in [-0.1, -0.05) is 67.1 Å². The first-order valence-corrected chi connectivity index (χ1v) is 12.7. The zero-order valence-corrected chi connectivity index (χ0v) is 19.8. The van der Waals surface area contributed by atoms with Crippen molar-refractivity contribution in [3.05, 3.63) is 78.5 Å². The summed E-state index contributed by atoms with van der Waals surface area (Å²) >= 11 is 0. The molecule has 2 atom stereocenters. The highest BCUT2D eigenvalue weighted by Crippen LogP contribution is 2.31. The predicted octanol–water partition coefficient (Wildman–Crippen LogP) is 5.48. The van der Waals surface area contributed by atoms with Crippen LogP contribution in [0.2, 0.25) is 0 Å². The Morgan fingerprint density at radius 3 is 2.43 bits per heavy atom. The standard InChI is InChI=1S/C29H30N4O2/c34-29(35-20-23-14-9-17-32-16-8-7-15-26(23)32)25-19-28-30-24(21-10-3-1-4-11-21)18-27(33(28)31-25)22-12-5-2-6-13-22/h1-6,10-13,18-19,23,26H,7-9,14-17,20H2. The minimum Gasteiger partial charge on any atom is -0.461 e. The number of aromatic nitrogens is 3. The molecule has 0 radical (unpaired) electrons. The van der Waals surface area contributed by atoms with E-state index in [0.29, 0.717) is 29.9 Å².